The fourth-order valence-electron chi connectivity index (χ4n) is 3.41. The minimum atomic E-state index is 0.658. The van der Waals surface area contributed by atoms with Gasteiger partial charge in [-0.1, -0.05) is 27.2 Å². The zero-order chi connectivity index (χ0) is 14.3. The molecule has 3 atom stereocenters. The maximum atomic E-state index is 3.54. The fraction of sp³-hybridized carbons (Fsp3) is 1.00. The van der Waals surface area contributed by atoms with Crippen LogP contribution in [0.1, 0.15) is 53.4 Å². The van der Waals surface area contributed by atoms with E-state index < -0.39 is 0 Å². The lowest BCUT2D eigenvalue weighted by molar-refractivity contribution is 0.0569. The van der Waals surface area contributed by atoms with Crippen molar-refractivity contribution in [3.63, 3.8) is 0 Å². The highest BCUT2D eigenvalue weighted by Crippen LogP contribution is 2.17. The molecule has 3 unspecified atom stereocenters. The maximum Gasteiger partial charge on any atom is 0.0247 e. The minimum Gasteiger partial charge on any atom is -0.315 e. The Balaban J connectivity index is 2.51. The van der Waals surface area contributed by atoms with E-state index in [-0.39, 0.29) is 0 Å². The van der Waals surface area contributed by atoms with Crippen molar-refractivity contribution in [3.05, 3.63) is 0 Å². The van der Waals surface area contributed by atoms with Crippen molar-refractivity contribution in [3.8, 4) is 0 Å². The topological polar surface area (TPSA) is 18.5 Å². The van der Waals surface area contributed by atoms with Gasteiger partial charge in [-0.2, -0.15) is 0 Å². The van der Waals surface area contributed by atoms with Crippen molar-refractivity contribution in [2.45, 2.75) is 71.5 Å². The smallest absolute Gasteiger partial charge is 0.0247 e. The Kier molecular flexibility index (Phi) is 7.96. The normalized spacial score (nSPS) is 23.2. The summed E-state index contributed by atoms with van der Waals surface area (Å²) < 4.78 is 0. The minimum absolute atomic E-state index is 0.658. The lowest BCUT2D eigenvalue weighted by atomic mass is 9.98. The van der Waals surface area contributed by atoms with Gasteiger partial charge in [0.25, 0.3) is 0 Å². The van der Waals surface area contributed by atoms with Gasteiger partial charge in [-0.15, -0.1) is 0 Å². The molecule has 114 valence electrons. The Labute approximate surface area is 120 Å². The molecule has 0 aromatic rings. The van der Waals surface area contributed by atoms with Gasteiger partial charge in [0.1, 0.15) is 0 Å². The zero-order valence-electron chi connectivity index (χ0n) is 13.8. The van der Waals surface area contributed by atoms with E-state index in [0.717, 1.165) is 6.04 Å². The van der Waals surface area contributed by atoms with Crippen molar-refractivity contribution < 1.29 is 0 Å². The summed E-state index contributed by atoms with van der Waals surface area (Å²) in [5.41, 5.74) is 0. The summed E-state index contributed by atoms with van der Waals surface area (Å²) in [6.07, 6.45) is 5.09. The molecule has 0 saturated carbocycles. The highest BCUT2D eigenvalue weighted by molar-refractivity contribution is 4.86. The van der Waals surface area contributed by atoms with Crippen LogP contribution in [0.5, 0.6) is 0 Å². The first kappa shape index (κ1) is 16.9. The predicted octanol–water partition coefficient (Wildman–Crippen LogP) is 2.57. The lowest BCUT2D eigenvalue weighted by Crippen LogP contribution is -2.57. The molecule has 0 aromatic carbocycles. The highest BCUT2D eigenvalue weighted by Gasteiger charge is 2.28. The van der Waals surface area contributed by atoms with Crippen LogP contribution in [0, 0.1) is 0 Å². The van der Waals surface area contributed by atoms with Crippen molar-refractivity contribution in [2.24, 2.45) is 0 Å². The van der Waals surface area contributed by atoms with Crippen LogP contribution in [0.15, 0.2) is 0 Å². The van der Waals surface area contributed by atoms with Crippen LogP contribution in [0.3, 0.4) is 0 Å². The van der Waals surface area contributed by atoms with Crippen molar-refractivity contribution in [1.29, 1.82) is 0 Å². The monoisotopic (exact) mass is 269 g/mol. The molecule has 1 N–H and O–H groups in total. The Hall–Kier alpha value is -0.120. The van der Waals surface area contributed by atoms with Crippen LogP contribution in [-0.4, -0.2) is 61.2 Å². The predicted molar refractivity (Wildman–Crippen MR) is 84.7 cm³/mol. The molecule has 0 amide bonds. The first-order valence-electron chi connectivity index (χ1n) is 8.33. The summed E-state index contributed by atoms with van der Waals surface area (Å²) in [6.45, 7) is 14.3. The van der Waals surface area contributed by atoms with Gasteiger partial charge in [-0.3, -0.25) is 9.80 Å². The summed E-state index contributed by atoms with van der Waals surface area (Å²) in [5.74, 6) is 0. The summed E-state index contributed by atoms with van der Waals surface area (Å²) in [7, 11) is 2.12. The Bertz CT molecular complexity index is 224. The number of piperazine rings is 1. The standard InChI is InChI=1S/C16H35N3/c1-6-9-15(17-5)16(8-3)19-12-10-18(11-13-19)14(4)7-2/h14-17H,6-13H2,1-5H3. The molecule has 3 nitrogen and oxygen atoms in total. The van der Waals surface area contributed by atoms with Crippen LogP contribution in [0.2, 0.25) is 0 Å². The second kappa shape index (κ2) is 8.93. The van der Waals surface area contributed by atoms with Crippen LogP contribution < -0.4 is 5.32 Å². The third-order valence-corrected chi connectivity index (χ3v) is 4.89. The van der Waals surface area contributed by atoms with Gasteiger partial charge in [-0.05, 0) is 33.2 Å². The van der Waals surface area contributed by atoms with Gasteiger partial charge in [0, 0.05) is 44.3 Å². The van der Waals surface area contributed by atoms with Crippen molar-refractivity contribution in [2.75, 3.05) is 33.2 Å². The summed E-state index contributed by atoms with van der Waals surface area (Å²) in [6, 6.07) is 2.12. The van der Waals surface area contributed by atoms with Gasteiger partial charge in [0.2, 0.25) is 0 Å². The molecule has 0 radical (unpaired) electrons. The molecule has 3 heteroatoms. The van der Waals surface area contributed by atoms with Crippen LogP contribution in [0.25, 0.3) is 0 Å². The van der Waals surface area contributed by atoms with E-state index in [1.54, 1.807) is 0 Å². The Morgan fingerprint density at radius 1 is 0.947 bits per heavy atom. The fourth-order valence-corrected chi connectivity index (χ4v) is 3.41. The molecule has 1 rings (SSSR count). The molecule has 0 spiro atoms. The Morgan fingerprint density at radius 3 is 1.95 bits per heavy atom. The first-order chi connectivity index (χ1) is 9.17. The van der Waals surface area contributed by atoms with Crippen LogP contribution in [0.4, 0.5) is 0 Å². The largest absolute Gasteiger partial charge is 0.315 e. The van der Waals surface area contributed by atoms with Crippen molar-refractivity contribution >= 4 is 0 Å². The molecule has 19 heavy (non-hydrogen) atoms. The van der Waals surface area contributed by atoms with E-state index in [1.165, 1.54) is 51.9 Å². The molecule has 1 heterocycles. The molecular formula is C16H35N3. The SMILES string of the molecule is CCCC(NC)C(CC)N1CCN(C(C)CC)CC1. The number of hydrogen-bond acceptors (Lipinski definition) is 3. The van der Waals surface area contributed by atoms with E-state index in [4.69, 9.17) is 0 Å². The van der Waals surface area contributed by atoms with E-state index >= 15 is 0 Å². The molecule has 1 aliphatic heterocycles. The lowest BCUT2D eigenvalue weighted by Gasteiger charge is -2.43. The van der Waals surface area contributed by atoms with E-state index in [1.807, 2.05) is 0 Å². The van der Waals surface area contributed by atoms with Crippen LogP contribution in [-0.2, 0) is 0 Å². The summed E-state index contributed by atoms with van der Waals surface area (Å²) in [4.78, 5) is 5.37. The quantitative estimate of drug-likeness (QED) is 0.730. The number of rotatable bonds is 8. The van der Waals surface area contributed by atoms with Crippen molar-refractivity contribution in [1.82, 2.24) is 15.1 Å². The molecule has 1 aliphatic rings. The maximum absolute atomic E-state index is 3.54. The van der Waals surface area contributed by atoms with Gasteiger partial charge in [-0.25, -0.2) is 0 Å². The second-order valence-electron chi connectivity index (χ2n) is 5.99. The first-order valence-corrected chi connectivity index (χ1v) is 8.33. The van der Waals surface area contributed by atoms with E-state index in [2.05, 4.69) is 49.9 Å². The third kappa shape index (κ3) is 4.73. The Morgan fingerprint density at radius 2 is 1.53 bits per heavy atom. The molecule has 1 saturated heterocycles. The van der Waals surface area contributed by atoms with Gasteiger partial charge >= 0.3 is 0 Å². The number of hydrogen-bond donors (Lipinski definition) is 1. The van der Waals surface area contributed by atoms with Crippen LogP contribution >= 0.6 is 0 Å². The number of likely N-dealkylation sites (N-methyl/N-ethyl adjacent to an activating group) is 1. The number of nitrogens with zero attached hydrogens (tertiary/aromatic N) is 2. The average Bonchev–Trinajstić information content (AvgIpc) is 2.46. The summed E-state index contributed by atoms with van der Waals surface area (Å²) >= 11 is 0. The molecule has 0 bridgehead atoms. The zero-order valence-corrected chi connectivity index (χ0v) is 13.8. The number of nitrogens with one attached hydrogen (secondary N) is 1. The average molecular weight is 269 g/mol. The molecule has 0 aliphatic carbocycles. The molecule has 1 fully saturated rings. The molecular weight excluding hydrogens is 234 g/mol. The van der Waals surface area contributed by atoms with Gasteiger partial charge in [0.05, 0.1) is 0 Å². The third-order valence-electron chi connectivity index (χ3n) is 4.89. The second-order valence-corrected chi connectivity index (χ2v) is 5.99. The van der Waals surface area contributed by atoms with Gasteiger partial charge < -0.3 is 5.32 Å². The van der Waals surface area contributed by atoms with E-state index in [9.17, 15) is 0 Å². The van der Waals surface area contributed by atoms with Gasteiger partial charge in [0.15, 0.2) is 0 Å². The molecule has 0 aromatic heterocycles. The highest BCUT2D eigenvalue weighted by atomic mass is 15.3. The van der Waals surface area contributed by atoms with E-state index in [0.29, 0.717) is 12.1 Å². The summed E-state index contributed by atoms with van der Waals surface area (Å²) in [5, 5.41) is 3.54.